The zero-order valence-corrected chi connectivity index (χ0v) is 19.2. The van der Waals surface area contributed by atoms with Crippen molar-refractivity contribution in [3.63, 3.8) is 0 Å². The molecule has 0 bridgehead atoms. The van der Waals surface area contributed by atoms with Gasteiger partial charge in [-0.3, -0.25) is 29.6 Å². The molecule has 0 unspecified atom stereocenters. The number of hydroxylamine groups is 4. The van der Waals surface area contributed by atoms with E-state index in [0.717, 1.165) is 19.3 Å². The van der Waals surface area contributed by atoms with Crippen molar-refractivity contribution < 1.29 is 29.6 Å². The van der Waals surface area contributed by atoms with E-state index < -0.39 is 11.8 Å². The number of carbonyl (C=O) groups is 4. The maximum Gasteiger partial charge on any atom is 0.246 e. The average molecular weight is 445 g/mol. The number of amides is 4. The Morgan fingerprint density at radius 1 is 0.742 bits per heavy atom. The molecule has 0 fully saturated rings. The Bertz CT molecular complexity index is 556. The monoisotopic (exact) mass is 444 g/mol. The van der Waals surface area contributed by atoms with Crippen LogP contribution in [-0.4, -0.2) is 70.3 Å². The summed E-state index contributed by atoms with van der Waals surface area (Å²) in [4.78, 5) is 46.0. The molecule has 0 aliphatic heterocycles. The highest BCUT2D eigenvalue weighted by molar-refractivity contribution is 5.83. The highest BCUT2D eigenvalue weighted by atomic mass is 16.5. The highest BCUT2D eigenvalue weighted by Crippen LogP contribution is 2.02. The van der Waals surface area contributed by atoms with E-state index in [9.17, 15) is 29.6 Å². The summed E-state index contributed by atoms with van der Waals surface area (Å²) in [6, 6.07) is 0. The smallest absolute Gasteiger partial charge is 0.246 e. The molecule has 4 N–H and O–H groups in total. The van der Waals surface area contributed by atoms with E-state index in [2.05, 4.69) is 10.6 Å². The van der Waals surface area contributed by atoms with E-state index in [0.29, 0.717) is 54.8 Å². The number of nitrogens with zero attached hydrogens (tertiary/aromatic N) is 2. The number of unbranched alkanes of at least 4 members (excludes halogenated alkanes) is 4. The average Bonchev–Trinajstić information content (AvgIpc) is 2.70. The van der Waals surface area contributed by atoms with E-state index in [1.54, 1.807) is 0 Å². The van der Waals surface area contributed by atoms with Crippen LogP contribution >= 0.6 is 0 Å². The van der Waals surface area contributed by atoms with Crippen molar-refractivity contribution >= 4 is 23.6 Å². The second-order valence-corrected chi connectivity index (χ2v) is 8.08. The quantitative estimate of drug-likeness (QED) is 0.153. The number of rotatable bonds is 17. The first-order valence-corrected chi connectivity index (χ1v) is 11.1. The molecule has 0 atom stereocenters. The lowest BCUT2D eigenvalue weighted by molar-refractivity contribution is -0.166. The normalized spacial score (nSPS) is 10.6. The molecule has 0 aliphatic rings. The molecular weight excluding hydrogens is 404 g/mol. The molecule has 0 saturated heterocycles. The van der Waals surface area contributed by atoms with Crippen molar-refractivity contribution in [3.8, 4) is 0 Å². The van der Waals surface area contributed by atoms with Crippen LogP contribution in [0.3, 0.4) is 0 Å². The number of hydrogen-bond donors (Lipinski definition) is 4. The van der Waals surface area contributed by atoms with Crippen LogP contribution in [0.5, 0.6) is 0 Å². The van der Waals surface area contributed by atoms with Crippen LogP contribution < -0.4 is 10.6 Å². The van der Waals surface area contributed by atoms with Crippen molar-refractivity contribution in [1.82, 2.24) is 20.8 Å². The maximum atomic E-state index is 11.9. The van der Waals surface area contributed by atoms with Crippen LogP contribution in [0.4, 0.5) is 0 Å². The number of hydrogen-bond acceptors (Lipinski definition) is 6. The van der Waals surface area contributed by atoms with Gasteiger partial charge in [-0.05, 0) is 44.4 Å². The predicted molar refractivity (Wildman–Crippen MR) is 115 cm³/mol. The molecule has 0 aliphatic carbocycles. The molecule has 180 valence electrons. The molecule has 0 aromatic heterocycles. The van der Waals surface area contributed by atoms with E-state index >= 15 is 0 Å². The Labute approximate surface area is 185 Å². The maximum absolute atomic E-state index is 11.9. The summed E-state index contributed by atoms with van der Waals surface area (Å²) in [6.07, 6.45) is 4.70. The third kappa shape index (κ3) is 17.2. The highest BCUT2D eigenvalue weighted by Gasteiger charge is 2.13. The van der Waals surface area contributed by atoms with Gasteiger partial charge >= 0.3 is 0 Å². The van der Waals surface area contributed by atoms with Crippen molar-refractivity contribution in [2.24, 2.45) is 5.92 Å². The Balaban J connectivity index is 3.67. The first kappa shape index (κ1) is 28.8. The third-order valence-corrected chi connectivity index (χ3v) is 4.55. The van der Waals surface area contributed by atoms with Gasteiger partial charge in [-0.25, -0.2) is 10.1 Å². The molecule has 4 amide bonds. The predicted octanol–water partition coefficient (Wildman–Crippen LogP) is 1.84. The van der Waals surface area contributed by atoms with Gasteiger partial charge < -0.3 is 10.6 Å². The minimum atomic E-state index is -0.493. The fourth-order valence-electron chi connectivity index (χ4n) is 2.75. The molecular formula is C21H40N4O6. The van der Waals surface area contributed by atoms with Gasteiger partial charge in [0.05, 0.1) is 0 Å². The number of carbonyl (C=O) groups excluding carboxylic acids is 4. The fraction of sp³-hybridized carbons (Fsp3) is 0.810. The SMILES string of the molecule is CC(=O)N(O)CCCCCNC(=O)CCC(=O)N(O)CCCCCNC(=O)CC(C)C. The van der Waals surface area contributed by atoms with E-state index in [1.807, 2.05) is 13.8 Å². The fourth-order valence-corrected chi connectivity index (χ4v) is 2.75. The van der Waals surface area contributed by atoms with Crippen molar-refractivity contribution in [3.05, 3.63) is 0 Å². The van der Waals surface area contributed by atoms with Crippen molar-refractivity contribution in [2.75, 3.05) is 26.2 Å². The summed E-state index contributed by atoms with van der Waals surface area (Å²) in [7, 11) is 0. The molecule has 31 heavy (non-hydrogen) atoms. The van der Waals surface area contributed by atoms with Crippen LogP contribution in [0, 0.1) is 5.92 Å². The molecule has 0 heterocycles. The lowest BCUT2D eigenvalue weighted by atomic mass is 10.1. The second kappa shape index (κ2) is 17.5. The summed E-state index contributed by atoms with van der Waals surface area (Å²) in [5, 5.41) is 25.8. The largest absolute Gasteiger partial charge is 0.356 e. The molecule has 0 aromatic rings. The molecule has 0 rings (SSSR count). The van der Waals surface area contributed by atoms with Gasteiger partial charge in [-0.2, -0.15) is 0 Å². The first-order chi connectivity index (χ1) is 14.6. The van der Waals surface area contributed by atoms with E-state index in [-0.39, 0.29) is 37.7 Å². The van der Waals surface area contributed by atoms with E-state index in [1.165, 1.54) is 6.92 Å². The second-order valence-electron chi connectivity index (χ2n) is 8.08. The van der Waals surface area contributed by atoms with Crippen LogP contribution in [0.25, 0.3) is 0 Å². The Morgan fingerprint density at radius 2 is 1.26 bits per heavy atom. The van der Waals surface area contributed by atoms with Gasteiger partial charge in [0.2, 0.25) is 23.6 Å². The number of nitrogens with one attached hydrogen (secondary N) is 2. The molecule has 0 aromatic carbocycles. The molecule has 10 heteroatoms. The third-order valence-electron chi connectivity index (χ3n) is 4.55. The summed E-state index contributed by atoms with van der Waals surface area (Å²) in [6.45, 7) is 6.75. The van der Waals surface area contributed by atoms with Gasteiger partial charge in [0.15, 0.2) is 0 Å². The van der Waals surface area contributed by atoms with Gasteiger partial charge in [-0.1, -0.05) is 13.8 Å². The van der Waals surface area contributed by atoms with Crippen LogP contribution in [-0.2, 0) is 19.2 Å². The van der Waals surface area contributed by atoms with Gasteiger partial charge in [0.25, 0.3) is 0 Å². The van der Waals surface area contributed by atoms with Crippen molar-refractivity contribution in [2.45, 2.75) is 78.6 Å². The Hall–Kier alpha value is -2.20. The minimum absolute atomic E-state index is 0.00648. The van der Waals surface area contributed by atoms with Crippen LogP contribution in [0.15, 0.2) is 0 Å². The first-order valence-electron chi connectivity index (χ1n) is 11.1. The minimum Gasteiger partial charge on any atom is -0.356 e. The Morgan fingerprint density at radius 3 is 1.77 bits per heavy atom. The molecule has 0 radical (unpaired) electrons. The zero-order valence-electron chi connectivity index (χ0n) is 19.2. The summed E-state index contributed by atoms with van der Waals surface area (Å²) in [5.74, 6) is -0.786. The van der Waals surface area contributed by atoms with E-state index in [4.69, 9.17) is 0 Å². The van der Waals surface area contributed by atoms with Gasteiger partial charge in [0.1, 0.15) is 0 Å². The van der Waals surface area contributed by atoms with Gasteiger partial charge in [-0.15, -0.1) is 0 Å². The lowest BCUT2D eigenvalue weighted by Gasteiger charge is -2.15. The molecule has 0 spiro atoms. The van der Waals surface area contributed by atoms with Gasteiger partial charge in [0, 0.05) is 52.4 Å². The summed E-state index contributed by atoms with van der Waals surface area (Å²) in [5.41, 5.74) is 0. The topological polar surface area (TPSA) is 139 Å². The Kier molecular flexibility index (Phi) is 16.2. The van der Waals surface area contributed by atoms with Crippen molar-refractivity contribution in [1.29, 1.82) is 0 Å². The molecule has 10 nitrogen and oxygen atoms in total. The van der Waals surface area contributed by atoms with Crippen LogP contribution in [0.1, 0.15) is 78.6 Å². The molecule has 0 saturated carbocycles. The lowest BCUT2D eigenvalue weighted by Crippen LogP contribution is -2.31. The zero-order chi connectivity index (χ0) is 23.6. The standard InChI is InChI=1S/C21H40N4O6/c1-17(2)16-20(28)23-13-7-5-9-15-25(31)21(29)11-10-19(27)22-12-6-4-8-14-24(30)18(3)26/h17,30-31H,4-16H2,1-3H3,(H,22,27)(H,23,28). The summed E-state index contributed by atoms with van der Waals surface area (Å²) >= 11 is 0. The van der Waals surface area contributed by atoms with Crippen LogP contribution in [0.2, 0.25) is 0 Å². The summed E-state index contributed by atoms with van der Waals surface area (Å²) < 4.78 is 0.